The molecule has 0 saturated heterocycles. The molecule has 0 aromatic heterocycles. The second kappa shape index (κ2) is 5.17. The molecule has 0 unspecified atom stereocenters. The molecule has 2 N–H and O–H groups in total. The van der Waals surface area contributed by atoms with Crippen LogP contribution in [0.2, 0.25) is 0 Å². The molecule has 1 aromatic carbocycles. The second-order valence-corrected chi connectivity index (χ2v) is 4.35. The molecule has 0 amide bonds. The summed E-state index contributed by atoms with van der Waals surface area (Å²) in [7, 11) is 3.58. The van der Waals surface area contributed by atoms with Gasteiger partial charge in [0.25, 0.3) is 0 Å². The van der Waals surface area contributed by atoms with Crippen molar-refractivity contribution in [3.63, 3.8) is 0 Å². The predicted octanol–water partition coefficient (Wildman–Crippen LogP) is 1.87. The molecular formula is C13H18FN3. The van der Waals surface area contributed by atoms with E-state index in [0.717, 1.165) is 24.4 Å². The van der Waals surface area contributed by atoms with Crippen molar-refractivity contribution in [1.82, 2.24) is 10.6 Å². The van der Waals surface area contributed by atoms with Crippen LogP contribution in [-0.4, -0.2) is 26.1 Å². The molecule has 92 valence electrons. The maximum Gasteiger partial charge on any atom is 0.190 e. The van der Waals surface area contributed by atoms with Crippen LogP contribution in [0.25, 0.3) is 0 Å². The number of guanidine groups is 1. The van der Waals surface area contributed by atoms with Crippen LogP contribution in [0.4, 0.5) is 4.39 Å². The Kier molecular flexibility index (Phi) is 3.61. The first-order valence-corrected chi connectivity index (χ1v) is 5.90. The van der Waals surface area contributed by atoms with E-state index in [-0.39, 0.29) is 5.82 Å². The van der Waals surface area contributed by atoms with Gasteiger partial charge >= 0.3 is 0 Å². The molecule has 0 radical (unpaired) electrons. The Hall–Kier alpha value is -1.58. The van der Waals surface area contributed by atoms with Gasteiger partial charge in [0.05, 0.1) is 0 Å². The number of benzene rings is 1. The van der Waals surface area contributed by atoms with Crippen molar-refractivity contribution >= 4 is 5.96 Å². The van der Waals surface area contributed by atoms with Crippen LogP contribution in [0.15, 0.2) is 29.3 Å². The van der Waals surface area contributed by atoms with Crippen LogP contribution < -0.4 is 10.6 Å². The monoisotopic (exact) mass is 235 g/mol. The fourth-order valence-corrected chi connectivity index (χ4v) is 2.24. The van der Waals surface area contributed by atoms with Gasteiger partial charge in [-0.25, -0.2) is 4.39 Å². The quantitative estimate of drug-likeness (QED) is 0.606. The molecular weight excluding hydrogens is 217 g/mol. The first kappa shape index (κ1) is 11.9. The van der Waals surface area contributed by atoms with Crippen LogP contribution >= 0.6 is 0 Å². The lowest BCUT2D eigenvalue weighted by Crippen LogP contribution is -2.47. The van der Waals surface area contributed by atoms with E-state index in [2.05, 4.69) is 15.6 Å². The standard InChI is InChI=1S/C13H18FN3/c1-15-13(16-2)17-10-7-9(8-10)11-5-3-4-6-12(11)14/h3-6,9-10H,7-8H2,1-2H3,(H2,15,16,17). The van der Waals surface area contributed by atoms with Gasteiger partial charge in [-0.15, -0.1) is 0 Å². The summed E-state index contributed by atoms with van der Waals surface area (Å²) in [5, 5.41) is 6.27. The Morgan fingerprint density at radius 3 is 2.65 bits per heavy atom. The molecule has 1 saturated carbocycles. The van der Waals surface area contributed by atoms with Gasteiger partial charge in [-0.3, -0.25) is 4.99 Å². The van der Waals surface area contributed by atoms with Gasteiger partial charge in [0, 0.05) is 20.1 Å². The number of hydrogen-bond donors (Lipinski definition) is 2. The summed E-state index contributed by atoms with van der Waals surface area (Å²) in [6.07, 6.45) is 1.92. The fraction of sp³-hybridized carbons (Fsp3) is 0.462. The SMILES string of the molecule is CN=C(NC)NC1CC(c2ccccc2F)C1. The molecule has 1 aliphatic carbocycles. The highest BCUT2D eigenvalue weighted by Crippen LogP contribution is 2.37. The Labute approximate surface area is 101 Å². The summed E-state index contributed by atoms with van der Waals surface area (Å²) in [4.78, 5) is 4.06. The van der Waals surface area contributed by atoms with E-state index in [9.17, 15) is 4.39 Å². The Balaban J connectivity index is 1.89. The van der Waals surface area contributed by atoms with Crippen LogP contribution in [-0.2, 0) is 0 Å². The van der Waals surface area contributed by atoms with Crippen LogP contribution in [0, 0.1) is 5.82 Å². The molecule has 0 heterocycles. The van der Waals surface area contributed by atoms with Gasteiger partial charge in [0.1, 0.15) is 5.82 Å². The maximum atomic E-state index is 13.5. The maximum absolute atomic E-state index is 13.5. The van der Waals surface area contributed by atoms with E-state index in [4.69, 9.17) is 0 Å². The third-order valence-electron chi connectivity index (χ3n) is 3.28. The van der Waals surface area contributed by atoms with Crippen molar-refractivity contribution in [2.24, 2.45) is 4.99 Å². The highest BCUT2D eigenvalue weighted by molar-refractivity contribution is 5.79. The summed E-state index contributed by atoms with van der Waals surface area (Å²) >= 11 is 0. The van der Waals surface area contributed by atoms with E-state index in [0.29, 0.717) is 12.0 Å². The molecule has 2 rings (SSSR count). The van der Waals surface area contributed by atoms with Crippen molar-refractivity contribution in [3.8, 4) is 0 Å². The van der Waals surface area contributed by atoms with Gasteiger partial charge in [-0.2, -0.15) is 0 Å². The largest absolute Gasteiger partial charge is 0.359 e. The van der Waals surface area contributed by atoms with Crippen LogP contribution in [0.1, 0.15) is 24.3 Å². The van der Waals surface area contributed by atoms with E-state index in [1.165, 1.54) is 6.07 Å². The number of nitrogens with zero attached hydrogens (tertiary/aromatic N) is 1. The topological polar surface area (TPSA) is 36.4 Å². The lowest BCUT2D eigenvalue weighted by Gasteiger charge is -2.37. The first-order chi connectivity index (χ1) is 8.24. The first-order valence-electron chi connectivity index (χ1n) is 5.90. The molecule has 0 bridgehead atoms. The zero-order chi connectivity index (χ0) is 12.3. The van der Waals surface area contributed by atoms with Crippen molar-refractivity contribution in [3.05, 3.63) is 35.6 Å². The van der Waals surface area contributed by atoms with Crippen molar-refractivity contribution in [2.75, 3.05) is 14.1 Å². The smallest absolute Gasteiger partial charge is 0.190 e. The lowest BCUT2D eigenvalue weighted by atomic mass is 9.76. The number of aliphatic imine (C=N–C) groups is 1. The average molecular weight is 235 g/mol. The van der Waals surface area contributed by atoms with Crippen molar-refractivity contribution < 1.29 is 4.39 Å². The Bertz CT molecular complexity index is 411. The Morgan fingerprint density at radius 2 is 2.06 bits per heavy atom. The minimum Gasteiger partial charge on any atom is -0.359 e. The minimum atomic E-state index is -0.0889. The zero-order valence-electron chi connectivity index (χ0n) is 10.2. The van der Waals surface area contributed by atoms with E-state index < -0.39 is 0 Å². The van der Waals surface area contributed by atoms with Gasteiger partial charge in [-0.05, 0) is 30.4 Å². The van der Waals surface area contributed by atoms with E-state index in [1.54, 1.807) is 13.1 Å². The summed E-state index contributed by atoms with van der Waals surface area (Å²) in [5.74, 6) is 1.04. The molecule has 1 aliphatic rings. The molecule has 1 fully saturated rings. The molecule has 0 spiro atoms. The van der Waals surface area contributed by atoms with Crippen LogP contribution in [0.3, 0.4) is 0 Å². The fourth-order valence-electron chi connectivity index (χ4n) is 2.24. The third-order valence-corrected chi connectivity index (χ3v) is 3.28. The zero-order valence-corrected chi connectivity index (χ0v) is 10.2. The minimum absolute atomic E-state index is 0.0889. The van der Waals surface area contributed by atoms with Gasteiger partial charge in [0.15, 0.2) is 5.96 Å². The highest BCUT2D eigenvalue weighted by Gasteiger charge is 2.32. The van der Waals surface area contributed by atoms with Gasteiger partial charge in [-0.1, -0.05) is 18.2 Å². The third kappa shape index (κ3) is 2.57. The van der Waals surface area contributed by atoms with E-state index in [1.807, 2.05) is 19.2 Å². The number of rotatable bonds is 2. The van der Waals surface area contributed by atoms with Gasteiger partial charge in [0.2, 0.25) is 0 Å². The molecule has 17 heavy (non-hydrogen) atoms. The molecule has 0 atom stereocenters. The number of nitrogens with one attached hydrogen (secondary N) is 2. The molecule has 1 aromatic rings. The molecule has 3 nitrogen and oxygen atoms in total. The summed E-state index contributed by atoms with van der Waals surface area (Å²) in [5.41, 5.74) is 0.838. The molecule has 0 aliphatic heterocycles. The summed E-state index contributed by atoms with van der Waals surface area (Å²) < 4.78 is 13.5. The Morgan fingerprint density at radius 1 is 1.35 bits per heavy atom. The summed E-state index contributed by atoms with van der Waals surface area (Å²) in [6, 6.07) is 7.43. The predicted molar refractivity (Wildman–Crippen MR) is 67.7 cm³/mol. The van der Waals surface area contributed by atoms with Crippen molar-refractivity contribution in [1.29, 1.82) is 0 Å². The van der Waals surface area contributed by atoms with Crippen LogP contribution in [0.5, 0.6) is 0 Å². The summed E-state index contributed by atoms with van der Waals surface area (Å²) in [6.45, 7) is 0. The molecule has 4 heteroatoms. The average Bonchev–Trinajstić information content (AvgIpc) is 2.30. The van der Waals surface area contributed by atoms with Crippen molar-refractivity contribution in [2.45, 2.75) is 24.8 Å². The van der Waals surface area contributed by atoms with Gasteiger partial charge < -0.3 is 10.6 Å². The second-order valence-electron chi connectivity index (χ2n) is 4.35. The lowest BCUT2D eigenvalue weighted by molar-refractivity contribution is 0.315. The van der Waals surface area contributed by atoms with E-state index >= 15 is 0 Å². The number of halogens is 1. The highest BCUT2D eigenvalue weighted by atomic mass is 19.1. The number of hydrogen-bond acceptors (Lipinski definition) is 1. The normalized spacial score (nSPS) is 24.1.